The zero-order valence-electron chi connectivity index (χ0n) is 10.1. The zero-order chi connectivity index (χ0) is 12.8. The fourth-order valence-corrected chi connectivity index (χ4v) is 1.50. The fourth-order valence-electron chi connectivity index (χ4n) is 1.50. The smallest absolute Gasteiger partial charge is 0.129 e. The Morgan fingerprint density at radius 1 is 1.47 bits per heavy atom. The summed E-state index contributed by atoms with van der Waals surface area (Å²) < 4.78 is 13.7. The number of nitriles is 1. The zero-order valence-corrected chi connectivity index (χ0v) is 10.1. The van der Waals surface area contributed by atoms with Crippen LogP contribution >= 0.6 is 0 Å². The van der Waals surface area contributed by atoms with Gasteiger partial charge in [-0.05, 0) is 25.0 Å². The van der Waals surface area contributed by atoms with Gasteiger partial charge in [0.25, 0.3) is 0 Å². The first kappa shape index (κ1) is 13.6. The van der Waals surface area contributed by atoms with Crippen LogP contribution in [0.5, 0.6) is 0 Å². The van der Waals surface area contributed by atoms with Crippen molar-refractivity contribution in [2.45, 2.75) is 19.9 Å². The molecule has 2 unspecified atom stereocenters. The van der Waals surface area contributed by atoms with Crippen LogP contribution in [0.25, 0.3) is 0 Å². The lowest BCUT2D eigenvalue weighted by molar-refractivity contribution is 0.230. The van der Waals surface area contributed by atoms with Gasteiger partial charge in [-0.3, -0.25) is 0 Å². The molecule has 0 spiro atoms. The van der Waals surface area contributed by atoms with Gasteiger partial charge in [-0.2, -0.15) is 5.26 Å². The molecule has 2 N–H and O–H groups in total. The third kappa shape index (κ3) is 3.81. The Kier molecular flexibility index (Phi) is 5.08. The molecule has 0 amide bonds. The molecule has 0 heterocycles. The maximum Gasteiger partial charge on any atom is 0.129 e. The molecular weight excluding hydrogens is 219 g/mol. The molecule has 0 saturated heterocycles. The highest BCUT2D eigenvalue weighted by molar-refractivity contribution is 5.34. The van der Waals surface area contributed by atoms with Crippen LogP contribution in [-0.2, 0) is 0 Å². The lowest BCUT2D eigenvalue weighted by atomic mass is 10.0. The molecule has 4 heteroatoms. The first-order chi connectivity index (χ1) is 8.08. The maximum absolute atomic E-state index is 13.7. The van der Waals surface area contributed by atoms with Gasteiger partial charge >= 0.3 is 0 Å². The van der Waals surface area contributed by atoms with E-state index >= 15 is 0 Å². The predicted molar refractivity (Wildman–Crippen MR) is 63.8 cm³/mol. The largest absolute Gasteiger partial charge is 0.396 e. The van der Waals surface area contributed by atoms with E-state index in [1.165, 1.54) is 6.07 Å². The number of benzene rings is 1. The van der Waals surface area contributed by atoms with E-state index in [1.54, 1.807) is 12.1 Å². The molecule has 92 valence electrons. The molecular formula is C13H17FN2O. The Balaban J connectivity index is 2.69. The molecule has 1 aromatic carbocycles. The van der Waals surface area contributed by atoms with Gasteiger partial charge < -0.3 is 10.4 Å². The maximum atomic E-state index is 13.7. The summed E-state index contributed by atoms with van der Waals surface area (Å²) in [5.41, 5.74) is 0.858. The predicted octanol–water partition coefficient (Wildman–Crippen LogP) is 1.98. The number of nitrogens with zero attached hydrogens (tertiary/aromatic N) is 1. The average molecular weight is 236 g/mol. The molecule has 0 aliphatic heterocycles. The van der Waals surface area contributed by atoms with E-state index in [-0.39, 0.29) is 24.4 Å². The molecule has 0 aliphatic rings. The third-order valence-electron chi connectivity index (χ3n) is 2.68. The van der Waals surface area contributed by atoms with Crippen LogP contribution in [0.3, 0.4) is 0 Å². The number of hydrogen-bond acceptors (Lipinski definition) is 3. The molecule has 0 fully saturated rings. The van der Waals surface area contributed by atoms with Crippen LogP contribution in [0.15, 0.2) is 18.2 Å². The Bertz CT molecular complexity index is 414. The second-order valence-electron chi connectivity index (χ2n) is 4.27. The minimum absolute atomic E-state index is 0.107. The van der Waals surface area contributed by atoms with Crippen molar-refractivity contribution in [1.82, 2.24) is 5.32 Å². The van der Waals surface area contributed by atoms with Crippen molar-refractivity contribution in [3.05, 3.63) is 35.1 Å². The minimum atomic E-state index is -0.374. The molecule has 17 heavy (non-hydrogen) atoms. The first-order valence-electron chi connectivity index (χ1n) is 5.62. The van der Waals surface area contributed by atoms with Gasteiger partial charge in [0.1, 0.15) is 5.82 Å². The molecule has 0 bridgehead atoms. The van der Waals surface area contributed by atoms with Gasteiger partial charge in [-0.15, -0.1) is 0 Å². The average Bonchev–Trinajstić information content (AvgIpc) is 2.35. The minimum Gasteiger partial charge on any atom is -0.396 e. The summed E-state index contributed by atoms with van der Waals surface area (Å²) >= 11 is 0. The summed E-state index contributed by atoms with van der Waals surface area (Å²) in [5, 5.41) is 20.7. The highest BCUT2D eigenvalue weighted by atomic mass is 19.1. The SMILES string of the molecule is CC(CO)CNC(C)c1ccc(C#N)cc1F. The van der Waals surface area contributed by atoms with Crippen LogP contribution < -0.4 is 5.32 Å². The van der Waals surface area contributed by atoms with E-state index in [9.17, 15) is 4.39 Å². The van der Waals surface area contributed by atoms with Gasteiger partial charge in [-0.1, -0.05) is 13.0 Å². The lowest BCUT2D eigenvalue weighted by Crippen LogP contribution is -2.26. The quantitative estimate of drug-likeness (QED) is 0.821. The third-order valence-corrected chi connectivity index (χ3v) is 2.68. The second-order valence-corrected chi connectivity index (χ2v) is 4.27. The van der Waals surface area contributed by atoms with Crippen molar-refractivity contribution in [2.75, 3.05) is 13.2 Å². The molecule has 0 saturated carbocycles. The van der Waals surface area contributed by atoms with Crippen molar-refractivity contribution in [3.63, 3.8) is 0 Å². The van der Waals surface area contributed by atoms with Crippen molar-refractivity contribution in [1.29, 1.82) is 5.26 Å². The van der Waals surface area contributed by atoms with Gasteiger partial charge in [0.05, 0.1) is 11.6 Å². The summed E-state index contributed by atoms with van der Waals surface area (Å²) in [6, 6.07) is 6.22. The van der Waals surface area contributed by atoms with Crippen LogP contribution in [-0.4, -0.2) is 18.3 Å². The van der Waals surface area contributed by atoms with Gasteiger partial charge in [0.15, 0.2) is 0 Å². The highest BCUT2D eigenvalue weighted by Crippen LogP contribution is 2.18. The topological polar surface area (TPSA) is 56.0 Å². The Morgan fingerprint density at radius 2 is 2.18 bits per heavy atom. The van der Waals surface area contributed by atoms with Crippen LogP contribution in [0, 0.1) is 23.1 Å². The number of aliphatic hydroxyl groups excluding tert-OH is 1. The number of hydrogen-bond donors (Lipinski definition) is 2. The first-order valence-corrected chi connectivity index (χ1v) is 5.62. The molecule has 1 rings (SSSR count). The van der Waals surface area contributed by atoms with Gasteiger partial charge in [0, 0.05) is 24.8 Å². The van der Waals surface area contributed by atoms with Crippen molar-refractivity contribution in [2.24, 2.45) is 5.92 Å². The number of aliphatic hydroxyl groups is 1. The molecule has 3 nitrogen and oxygen atoms in total. The van der Waals surface area contributed by atoms with E-state index in [4.69, 9.17) is 10.4 Å². The van der Waals surface area contributed by atoms with Crippen LogP contribution in [0.1, 0.15) is 31.0 Å². The summed E-state index contributed by atoms with van der Waals surface area (Å²) in [4.78, 5) is 0. The lowest BCUT2D eigenvalue weighted by Gasteiger charge is -2.17. The van der Waals surface area contributed by atoms with Crippen molar-refractivity contribution in [3.8, 4) is 6.07 Å². The number of rotatable bonds is 5. The van der Waals surface area contributed by atoms with E-state index < -0.39 is 0 Å². The molecule has 2 atom stereocenters. The summed E-state index contributed by atoms with van der Waals surface area (Å²) in [6.07, 6.45) is 0. The highest BCUT2D eigenvalue weighted by Gasteiger charge is 2.12. The standard InChI is InChI=1S/C13H17FN2O/c1-9(8-17)7-16-10(2)12-4-3-11(6-15)5-13(12)14/h3-5,9-10,16-17H,7-8H2,1-2H3. The fraction of sp³-hybridized carbons (Fsp3) is 0.462. The van der Waals surface area contributed by atoms with Crippen LogP contribution in [0.4, 0.5) is 4.39 Å². The van der Waals surface area contributed by atoms with E-state index in [2.05, 4.69) is 5.32 Å². The normalized spacial score (nSPS) is 14.1. The van der Waals surface area contributed by atoms with E-state index in [0.29, 0.717) is 17.7 Å². The Hall–Kier alpha value is -1.44. The Morgan fingerprint density at radius 3 is 2.71 bits per heavy atom. The number of nitrogens with one attached hydrogen (secondary N) is 1. The monoisotopic (exact) mass is 236 g/mol. The van der Waals surface area contributed by atoms with Crippen molar-refractivity contribution < 1.29 is 9.50 Å². The van der Waals surface area contributed by atoms with Crippen molar-refractivity contribution >= 4 is 0 Å². The van der Waals surface area contributed by atoms with Crippen LogP contribution in [0.2, 0.25) is 0 Å². The molecule has 0 aromatic heterocycles. The summed E-state index contributed by atoms with van der Waals surface area (Å²) in [7, 11) is 0. The summed E-state index contributed by atoms with van der Waals surface area (Å²) in [6.45, 7) is 4.50. The molecule has 0 aliphatic carbocycles. The second kappa shape index (κ2) is 6.33. The molecule has 0 radical (unpaired) electrons. The molecule has 1 aromatic rings. The van der Waals surface area contributed by atoms with Gasteiger partial charge in [-0.25, -0.2) is 4.39 Å². The Labute approximate surface area is 101 Å². The number of halogens is 1. The summed E-state index contributed by atoms with van der Waals surface area (Å²) in [5.74, 6) is -0.236. The van der Waals surface area contributed by atoms with E-state index in [0.717, 1.165) is 0 Å². The van der Waals surface area contributed by atoms with Gasteiger partial charge in [0.2, 0.25) is 0 Å². The van der Waals surface area contributed by atoms with E-state index in [1.807, 2.05) is 19.9 Å².